The zero-order chi connectivity index (χ0) is 21.5. The van der Waals surface area contributed by atoms with Gasteiger partial charge in [-0.15, -0.1) is 0 Å². The highest BCUT2D eigenvalue weighted by Crippen LogP contribution is 2.35. The monoisotopic (exact) mass is 632 g/mol. The summed E-state index contributed by atoms with van der Waals surface area (Å²) < 4.78 is 81.4. The molecule has 0 aliphatic rings. The van der Waals surface area contributed by atoms with Crippen molar-refractivity contribution >= 4 is 57.1 Å². The summed E-state index contributed by atoms with van der Waals surface area (Å²) in [5.41, 5.74) is 0. The lowest BCUT2D eigenvalue weighted by atomic mass is 10.3. The zero-order valence-corrected chi connectivity index (χ0v) is 17.6. The van der Waals surface area contributed by atoms with Crippen molar-refractivity contribution in [2.45, 2.75) is 12.4 Å². The van der Waals surface area contributed by atoms with Crippen molar-refractivity contribution < 1.29 is 45.4 Å². The van der Waals surface area contributed by atoms with Crippen LogP contribution in [0.3, 0.4) is 0 Å². The smallest absolute Gasteiger partial charge is 0.416 e. The number of ether oxygens (including phenoxy) is 2. The van der Waals surface area contributed by atoms with Crippen LogP contribution in [0.15, 0.2) is 48.5 Å². The van der Waals surface area contributed by atoms with Crippen molar-refractivity contribution in [3.8, 4) is 11.5 Å². The summed E-state index contributed by atoms with van der Waals surface area (Å²) in [7, 11) is 0. The number of rotatable bonds is 2. The molecule has 0 aromatic heterocycles. The molecule has 0 atom stereocenters. The number of benzene rings is 2. The highest BCUT2D eigenvalue weighted by Gasteiger charge is 2.44. The lowest BCUT2D eigenvalue weighted by molar-refractivity contribution is -0.191. The van der Waals surface area contributed by atoms with E-state index in [1.54, 1.807) is 0 Å². The number of para-hydroxylation sites is 1. The minimum atomic E-state index is -5.36. The molecule has 0 amide bonds. The lowest BCUT2D eigenvalue weighted by Crippen LogP contribution is -2.30. The standard InChI is InChI=1S/C10H3F6IO4.C6H5I/c11-9(12,13)7(18)20-5-3-1-2-4(17)6(5)21-8(19)10(14,15)16;7-6-4-2-1-3-5-6/h1-3H;1-5H. The lowest BCUT2D eigenvalue weighted by Gasteiger charge is -2.13. The van der Waals surface area contributed by atoms with Gasteiger partial charge >= 0.3 is 24.3 Å². The first kappa shape index (κ1) is 24.5. The van der Waals surface area contributed by atoms with Crippen molar-refractivity contribution in [1.82, 2.24) is 0 Å². The molecule has 4 nitrogen and oxygen atoms in total. The van der Waals surface area contributed by atoms with E-state index >= 15 is 0 Å². The molecule has 0 spiro atoms. The second-order valence-electron chi connectivity index (χ2n) is 4.64. The van der Waals surface area contributed by atoms with Crippen LogP contribution in [0, 0.1) is 7.14 Å². The molecule has 2 aromatic carbocycles. The number of hydrogen-bond acceptors (Lipinski definition) is 4. The van der Waals surface area contributed by atoms with Crippen molar-refractivity contribution in [1.29, 1.82) is 0 Å². The number of carbonyl (C=O) groups is 2. The molecule has 0 fully saturated rings. The number of esters is 2. The van der Waals surface area contributed by atoms with E-state index in [1.165, 1.54) is 26.2 Å². The third-order valence-corrected chi connectivity index (χ3v) is 4.09. The van der Waals surface area contributed by atoms with Crippen LogP contribution in [0.4, 0.5) is 26.3 Å². The third kappa shape index (κ3) is 8.20. The van der Waals surface area contributed by atoms with Gasteiger partial charge in [0.2, 0.25) is 0 Å². The van der Waals surface area contributed by atoms with Crippen LogP contribution >= 0.6 is 45.2 Å². The average molecular weight is 632 g/mol. The van der Waals surface area contributed by atoms with Gasteiger partial charge in [0.25, 0.3) is 0 Å². The van der Waals surface area contributed by atoms with Crippen molar-refractivity contribution in [3.05, 3.63) is 55.7 Å². The summed E-state index contributed by atoms with van der Waals surface area (Å²) in [6.07, 6.45) is -10.7. The molecule has 0 radical (unpaired) electrons. The van der Waals surface area contributed by atoms with Gasteiger partial charge in [0, 0.05) is 3.57 Å². The van der Waals surface area contributed by atoms with Gasteiger partial charge in [-0.1, -0.05) is 24.3 Å². The van der Waals surface area contributed by atoms with Gasteiger partial charge in [0.1, 0.15) is 0 Å². The Morgan fingerprint density at radius 2 is 1.21 bits per heavy atom. The molecule has 0 unspecified atom stereocenters. The van der Waals surface area contributed by atoms with Crippen LogP contribution in [0.5, 0.6) is 11.5 Å². The zero-order valence-electron chi connectivity index (χ0n) is 13.3. The summed E-state index contributed by atoms with van der Waals surface area (Å²) in [5, 5.41) is 0. The van der Waals surface area contributed by atoms with Gasteiger partial charge in [-0.05, 0) is 69.4 Å². The summed E-state index contributed by atoms with van der Waals surface area (Å²) in [4.78, 5) is 21.4. The normalized spacial score (nSPS) is 11.1. The quantitative estimate of drug-likeness (QED) is 0.190. The first-order chi connectivity index (χ1) is 12.8. The Hall–Kier alpha value is -1.58. The maximum Gasteiger partial charge on any atom is 0.491 e. The van der Waals surface area contributed by atoms with E-state index in [0.29, 0.717) is 0 Å². The van der Waals surface area contributed by atoms with E-state index in [-0.39, 0.29) is 3.57 Å². The Labute approximate surface area is 181 Å². The molecular formula is C16H8F6I2O4. The predicted octanol–water partition coefficient (Wildman–Crippen LogP) is 5.52. The van der Waals surface area contributed by atoms with E-state index < -0.39 is 35.8 Å². The average Bonchev–Trinajstić information content (AvgIpc) is 2.57. The molecule has 0 saturated heterocycles. The highest BCUT2D eigenvalue weighted by atomic mass is 127. The van der Waals surface area contributed by atoms with Gasteiger partial charge in [-0.25, -0.2) is 9.59 Å². The predicted molar refractivity (Wildman–Crippen MR) is 102 cm³/mol. The second-order valence-corrected chi connectivity index (χ2v) is 7.05. The highest BCUT2D eigenvalue weighted by molar-refractivity contribution is 14.1. The van der Waals surface area contributed by atoms with E-state index in [1.807, 2.05) is 18.2 Å². The van der Waals surface area contributed by atoms with Gasteiger partial charge < -0.3 is 9.47 Å². The molecule has 12 heteroatoms. The van der Waals surface area contributed by atoms with Crippen LogP contribution in [0.1, 0.15) is 0 Å². The van der Waals surface area contributed by atoms with Crippen LogP contribution in [0.2, 0.25) is 0 Å². The minimum Gasteiger partial charge on any atom is -0.416 e. The summed E-state index contributed by atoms with van der Waals surface area (Å²) >= 11 is 3.68. The van der Waals surface area contributed by atoms with Gasteiger partial charge in [0.15, 0.2) is 11.5 Å². The van der Waals surface area contributed by atoms with Crippen molar-refractivity contribution in [3.63, 3.8) is 0 Å². The van der Waals surface area contributed by atoms with Crippen LogP contribution in [-0.2, 0) is 9.59 Å². The Morgan fingerprint density at radius 1 is 0.714 bits per heavy atom. The Bertz CT molecular complexity index is 822. The molecule has 0 heterocycles. The maximum atomic E-state index is 12.1. The molecule has 0 aliphatic carbocycles. The molecule has 152 valence electrons. The van der Waals surface area contributed by atoms with E-state index in [9.17, 15) is 35.9 Å². The molecule has 0 N–H and O–H groups in total. The Morgan fingerprint density at radius 3 is 1.64 bits per heavy atom. The largest absolute Gasteiger partial charge is 0.491 e. The third-order valence-electron chi connectivity index (χ3n) is 2.52. The maximum absolute atomic E-state index is 12.1. The van der Waals surface area contributed by atoms with E-state index in [4.69, 9.17) is 0 Å². The number of alkyl halides is 6. The molecule has 0 saturated carbocycles. The minimum absolute atomic E-state index is 0.155. The summed E-state index contributed by atoms with van der Waals surface area (Å²) in [5.74, 6) is -7.20. The van der Waals surface area contributed by atoms with Crippen LogP contribution in [-0.4, -0.2) is 24.3 Å². The topological polar surface area (TPSA) is 52.6 Å². The summed E-state index contributed by atoms with van der Waals surface area (Å²) in [6.45, 7) is 0. The molecule has 0 bridgehead atoms. The number of hydrogen-bond donors (Lipinski definition) is 0. The van der Waals surface area contributed by atoms with Crippen LogP contribution in [0.25, 0.3) is 0 Å². The van der Waals surface area contributed by atoms with Crippen molar-refractivity contribution in [2.75, 3.05) is 0 Å². The van der Waals surface area contributed by atoms with Gasteiger partial charge in [-0.3, -0.25) is 0 Å². The fraction of sp³-hybridized carbons (Fsp3) is 0.125. The molecule has 0 aliphatic heterocycles. The fourth-order valence-electron chi connectivity index (χ4n) is 1.39. The molecular weight excluding hydrogens is 624 g/mol. The van der Waals surface area contributed by atoms with Crippen LogP contribution < -0.4 is 9.47 Å². The fourth-order valence-corrected chi connectivity index (χ4v) is 2.39. The van der Waals surface area contributed by atoms with Gasteiger partial charge in [-0.2, -0.15) is 26.3 Å². The second kappa shape index (κ2) is 10.3. The van der Waals surface area contributed by atoms with E-state index in [2.05, 4.69) is 44.2 Å². The van der Waals surface area contributed by atoms with E-state index in [0.717, 1.165) is 18.2 Å². The van der Waals surface area contributed by atoms with Crippen molar-refractivity contribution in [2.24, 2.45) is 0 Å². The van der Waals surface area contributed by atoms with Gasteiger partial charge in [0.05, 0.1) is 3.57 Å². The molecule has 28 heavy (non-hydrogen) atoms. The summed E-state index contributed by atoms with van der Waals surface area (Å²) in [6, 6.07) is 13.2. The first-order valence-electron chi connectivity index (χ1n) is 6.89. The molecule has 2 rings (SSSR count). The SMILES string of the molecule is Ic1ccccc1.O=C(Oc1cccc(I)c1OC(=O)C(F)(F)F)C(F)(F)F. The number of halogens is 8. The first-order valence-corrected chi connectivity index (χ1v) is 9.05. The molecule has 2 aromatic rings. The number of carbonyl (C=O) groups excluding carboxylic acids is 2. The Balaban J connectivity index is 0.000000467. The Kier molecular flexibility index (Phi) is 8.97.